The Morgan fingerprint density at radius 1 is 1.44 bits per heavy atom. The van der Waals surface area contributed by atoms with E-state index in [9.17, 15) is 4.79 Å². The van der Waals surface area contributed by atoms with Crippen LogP contribution in [0.4, 0.5) is 10.6 Å². The minimum atomic E-state index is 0.0273. The quantitative estimate of drug-likeness (QED) is 0.783. The Morgan fingerprint density at radius 2 is 2.28 bits per heavy atom. The number of piperazine rings is 1. The third-order valence-corrected chi connectivity index (χ3v) is 4.51. The second kappa shape index (κ2) is 4.55. The lowest BCUT2D eigenvalue weighted by Crippen LogP contribution is -2.52. The van der Waals surface area contributed by atoms with Crippen LogP contribution in [0, 0.1) is 0 Å². The van der Waals surface area contributed by atoms with Crippen molar-refractivity contribution >= 4 is 39.4 Å². The van der Waals surface area contributed by atoms with Gasteiger partial charge in [-0.25, -0.2) is 14.8 Å². The molecule has 2 aliphatic heterocycles. The number of nitrogens with zero attached hydrogens (tertiary/aromatic N) is 4. The van der Waals surface area contributed by atoms with Crippen LogP contribution in [0.3, 0.4) is 0 Å². The Bertz CT molecular complexity index is 499. The fourth-order valence-electron chi connectivity index (χ4n) is 2.36. The Balaban J connectivity index is 1.83. The highest BCUT2D eigenvalue weighted by Crippen LogP contribution is 2.30. The lowest BCUT2D eigenvalue weighted by molar-refractivity contribution is 0.197. The van der Waals surface area contributed by atoms with Gasteiger partial charge < -0.3 is 15.1 Å². The number of hydrogen-bond donors (Lipinski definition) is 1. The first-order valence-electron chi connectivity index (χ1n) is 5.62. The van der Waals surface area contributed by atoms with Gasteiger partial charge in [-0.05, 0) is 15.9 Å². The minimum Gasteiger partial charge on any atom is -0.352 e. The predicted octanol–water partition coefficient (Wildman–Crippen LogP) is 1.11. The molecule has 0 bridgehead atoms. The van der Waals surface area contributed by atoms with Gasteiger partial charge in [-0.3, -0.25) is 0 Å². The maximum absolute atomic E-state index is 11.5. The van der Waals surface area contributed by atoms with Gasteiger partial charge in [0.25, 0.3) is 0 Å². The molecule has 0 aromatic carbocycles. The fourth-order valence-corrected chi connectivity index (χ4v) is 2.94. The SMILES string of the molecule is O=C1NCC2CN(c3ncnc(Cl)c3Br)CCN12. The summed E-state index contributed by atoms with van der Waals surface area (Å²) in [5, 5.41) is 3.25. The summed E-state index contributed by atoms with van der Waals surface area (Å²) in [5.74, 6) is 0.786. The number of carbonyl (C=O) groups excluding carboxylic acids is 1. The molecule has 1 N–H and O–H groups in total. The van der Waals surface area contributed by atoms with Crippen LogP contribution in [-0.2, 0) is 0 Å². The lowest BCUT2D eigenvalue weighted by atomic mass is 10.2. The van der Waals surface area contributed by atoms with Crippen LogP contribution in [0.15, 0.2) is 10.8 Å². The Hall–Kier alpha value is -1.08. The lowest BCUT2D eigenvalue weighted by Gasteiger charge is -2.37. The number of nitrogens with one attached hydrogen (secondary N) is 1. The number of halogens is 2. The zero-order chi connectivity index (χ0) is 12.7. The van der Waals surface area contributed by atoms with E-state index in [0.29, 0.717) is 22.7 Å². The number of aromatic nitrogens is 2. The van der Waals surface area contributed by atoms with Crippen molar-refractivity contribution in [3.05, 3.63) is 16.0 Å². The van der Waals surface area contributed by atoms with E-state index < -0.39 is 0 Å². The summed E-state index contributed by atoms with van der Waals surface area (Å²) in [4.78, 5) is 23.7. The number of amides is 2. The van der Waals surface area contributed by atoms with Crippen molar-refractivity contribution < 1.29 is 4.79 Å². The maximum Gasteiger partial charge on any atom is 0.317 e. The number of anilines is 1. The number of urea groups is 1. The molecular weight excluding hydrogens is 322 g/mol. The van der Waals surface area contributed by atoms with Gasteiger partial charge in [0.15, 0.2) is 0 Å². The van der Waals surface area contributed by atoms with Gasteiger partial charge in [-0.1, -0.05) is 11.6 Å². The van der Waals surface area contributed by atoms with Gasteiger partial charge in [0, 0.05) is 26.2 Å². The number of rotatable bonds is 1. The average molecular weight is 333 g/mol. The Kier molecular flexibility index (Phi) is 3.03. The topological polar surface area (TPSA) is 61.4 Å². The van der Waals surface area contributed by atoms with Crippen molar-refractivity contribution in [3.8, 4) is 0 Å². The maximum atomic E-state index is 11.5. The van der Waals surface area contributed by atoms with Crippen molar-refractivity contribution in [1.82, 2.24) is 20.2 Å². The first kappa shape index (κ1) is 12.0. The van der Waals surface area contributed by atoms with Crippen LogP contribution in [-0.4, -0.2) is 53.1 Å². The first-order valence-corrected chi connectivity index (χ1v) is 6.79. The molecule has 96 valence electrons. The fraction of sp³-hybridized carbons (Fsp3) is 0.500. The van der Waals surface area contributed by atoms with Crippen molar-refractivity contribution in [1.29, 1.82) is 0 Å². The van der Waals surface area contributed by atoms with Crippen molar-refractivity contribution in [3.63, 3.8) is 0 Å². The molecule has 0 radical (unpaired) electrons. The molecule has 1 atom stereocenters. The van der Waals surface area contributed by atoms with E-state index in [-0.39, 0.29) is 12.1 Å². The summed E-state index contributed by atoms with van der Waals surface area (Å²) < 4.78 is 0.706. The summed E-state index contributed by atoms with van der Waals surface area (Å²) in [7, 11) is 0. The summed E-state index contributed by atoms with van der Waals surface area (Å²) in [6.45, 7) is 2.89. The molecule has 2 saturated heterocycles. The van der Waals surface area contributed by atoms with Crippen molar-refractivity contribution in [2.24, 2.45) is 0 Å². The highest BCUT2D eigenvalue weighted by Gasteiger charge is 2.36. The molecule has 2 fully saturated rings. The smallest absolute Gasteiger partial charge is 0.317 e. The molecule has 8 heteroatoms. The van der Waals surface area contributed by atoms with Crippen LogP contribution in [0.5, 0.6) is 0 Å². The monoisotopic (exact) mass is 331 g/mol. The minimum absolute atomic E-state index is 0.0273. The van der Waals surface area contributed by atoms with E-state index in [0.717, 1.165) is 18.9 Å². The van der Waals surface area contributed by atoms with Crippen molar-refractivity contribution in [2.45, 2.75) is 6.04 Å². The van der Waals surface area contributed by atoms with E-state index in [4.69, 9.17) is 11.6 Å². The molecule has 3 heterocycles. The van der Waals surface area contributed by atoms with Gasteiger partial charge in [-0.15, -0.1) is 0 Å². The molecule has 1 aromatic rings. The second-order valence-electron chi connectivity index (χ2n) is 4.28. The third-order valence-electron chi connectivity index (χ3n) is 3.26. The zero-order valence-corrected chi connectivity index (χ0v) is 11.8. The molecule has 2 aliphatic rings. The molecule has 0 aliphatic carbocycles. The Labute approximate surface area is 117 Å². The van der Waals surface area contributed by atoms with Gasteiger partial charge in [-0.2, -0.15) is 0 Å². The molecule has 0 saturated carbocycles. The summed E-state index contributed by atoms with van der Waals surface area (Å²) in [5.41, 5.74) is 0. The van der Waals surface area contributed by atoms with Crippen LogP contribution < -0.4 is 10.2 Å². The van der Waals surface area contributed by atoms with E-state index >= 15 is 0 Å². The van der Waals surface area contributed by atoms with E-state index in [1.165, 1.54) is 6.33 Å². The molecule has 0 spiro atoms. The normalized spacial score (nSPS) is 23.0. The summed E-state index contributed by atoms with van der Waals surface area (Å²) in [6.07, 6.45) is 1.45. The molecule has 2 amide bonds. The molecule has 1 aromatic heterocycles. The standard InChI is InChI=1S/C10H11BrClN5O/c11-7-8(12)14-5-15-9(7)16-1-2-17-6(4-16)3-13-10(17)18/h5-6H,1-4H2,(H,13,18). The molecule has 6 nitrogen and oxygen atoms in total. The number of fused-ring (bicyclic) bond motifs is 1. The molecule has 18 heavy (non-hydrogen) atoms. The van der Waals surface area contributed by atoms with Gasteiger partial charge in [0.1, 0.15) is 17.3 Å². The van der Waals surface area contributed by atoms with E-state index in [1.807, 2.05) is 4.90 Å². The number of hydrogen-bond acceptors (Lipinski definition) is 4. The van der Waals surface area contributed by atoms with Crippen LogP contribution in [0.2, 0.25) is 5.15 Å². The molecule has 1 unspecified atom stereocenters. The molecular formula is C10H11BrClN5O. The Morgan fingerprint density at radius 3 is 3.11 bits per heavy atom. The highest BCUT2D eigenvalue weighted by atomic mass is 79.9. The van der Waals surface area contributed by atoms with Crippen LogP contribution >= 0.6 is 27.5 Å². The van der Waals surface area contributed by atoms with Gasteiger partial charge in [0.2, 0.25) is 0 Å². The first-order chi connectivity index (χ1) is 8.66. The van der Waals surface area contributed by atoms with Crippen LogP contribution in [0.25, 0.3) is 0 Å². The van der Waals surface area contributed by atoms with Crippen molar-refractivity contribution in [2.75, 3.05) is 31.1 Å². The summed E-state index contributed by atoms with van der Waals surface area (Å²) in [6, 6.07) is 0.228. The zero-order valence-electron chi connectivity index (χ0n) is 9.44. The van der Waals surface area contributed by atoms with Gasteiger partial charge in [0.05, 0.1) is 10.5 Å². The average Bonchev–Trinajstić information content (AvgIpc) is 2.74. The second-order valence-corrected chi connectivity index (χ2v) is 5.43. The predicted molar refractivity (Wildman–Crippen MR) is 70.8 cm³/mol. The summed E-state index contributed by atoms with van der Waals surface area (Å²) >= 11 is 9.37. The van der Waals surface area contributed by atoms with Gasteiger partial charge >= 0.3 is 6.03 Å². The van der Waals surface area contributed by atoms with E-state index in [1.54, 1.807) is 0 Å². The highest BCUT2D eigenvalue weighted by molar-refractivity contribution is 9.10. The van der Waals surface area contributed by atoms with Crippen LogP contribution in [0.1, 0.15) is 0 Å². The largest absolute Gasteiger partial charge is 0.352 e. The van der Waals surface area contributed by atoms with E-state index in [2.05, 4.69) is 36.1 Å². The molecule has 3 rings (SSSR count). The third kappa shape index (κ3) is 1.91. The number of carbonyl (C=O) groups is 1.